The predicted octanol–water partition coefficient (Wildman–Crippen LogP) is 2.81. The zero-order valence-electron chi connectivity index (χ0n) is 15.1. The van der Waals surface area contributed by atoms with Crippen molar-refractivity contribution in [3.8, 4) is 0 Å². The summed E-state index contributed by atoms with van der Waals surface area (Å²) in [4.78, 5) is 14.1. The molecule has 1 N–H and O–H groups in total. The first-order valence-corrected chi connectivity index (χ1v) is 10.7. The molecule has 1 heterocycles. The van der Waals surface area contributed by atoms with Crippen molar-refractivity contribution in [2.45, 2.75) is 11.3 Å². The Morgan fingerprint density at radius 2 is 1.79 bits per heavy atom. The number of nitrogens with one attached hydrogen (secondary N) is 1. The van der Waals surface area contributed by atoms with E-state index < -0.39 is 15.8 Å². The van der Waals surface area contributed by atoms with Crippen LogP contribution in [0.2, 0.25) is 5.02 Å². The SMILES string of the molecule is O=C(CCN1CCN(S(=O)(=O)c2cccc(F)c2)CC1)Nc1ccccc1Cl. The monoisotopic (exact) mass is 425 g/mol. The highest BCUT2D eigenvalue weighted by Crippen LogP contribution is 2.21. The molecule has 1 aliphatic heterocycles. The molecular formula is C19H21ClFN3O3S. The molecule has 2 aromatic carbocycles. The maximum atomic E-state index is 13.3. The van der Waals surface area contributed by atoms with E-state index in [4.69, 9.17) is 11.6 Å². The number of nitrogens with zero attached hydrogens (tertiary/aromatic N) is 2. The highest BCUT2D eigenvalue weighted by atomic mass is 35.5. The second-order valence-electron chi connectivity index (χ2n) is 6.48. The van der Waals surface area contributed by atoms with Crippen molar-refractivity contribution in [2.75, 3.05) is 38.0 Å². The number of carbonyl (C=O) groups is 1. The molecule has 6 nitrogen and oxygen atoms in total. The van der Waals surface area contributed by atoms with E-state index in [2.05, 4.69) is 5.32 Å². The van der Waals surface area contributed by atoms with Gasteiger partial charge in [0.1, 0.15) is 5.82 Å². The lowest BCUT2D eigenvalue weighted by molar-refractivity contribution is -0.116. The molecule has 2 aromatic rings. The number of anilines is 1. The van der Waals surface area contributed by atoms with Crippen LogP contribution in [0.25, 0.3) is 0 Å². The van der Waals surface area contributed by atoms with E-state index in [9.17, 15) is 17.6 Å². The number of piperazine rings is 1. The van der Waals surface area contributed by atoms with E-state index in [0.717, 1.165) is 6.07 Å². The summed E-state index contributed by atoms with van der Waals surface area (Å²) in [5.41, 5.74) is 0.570. The summed E-state index contributed by atoms with van der Waals surface area (Å²) in [5, 5.41) is 3.25. The molecule has 1 saturated heterocycles. The Morgan fingerprint density at radius 1 is 1.07 bits per heavy atom. The smallest absolute Gasteiger partial charge is 0.243 e. The molecule has 28 heavy (non-hydrogen) atoms. The molecule has 0 aromatic heterocycles. The molecule has 0 bridgehead atoms. The van der Waals surface area contributed by atoms with Crippen molar-refractivity contribution in [1.82, 2.24) is 9.21 Å². The molecule has 0 saturated carbocycles. The van der Waals surface area contributed by atoms with Gasteiger partial charge in [0, 0.05) is 39.1 Å². The van der Waals surface area contributed by atoms with Gasteiger partial charge in [0.2, 0.25) is 15.9 Å². The molecule has 0 radical (unpaired) electrons. The van der Waals surface area contributed by atoms with Crippen LogP contribution in [0.4, 0.5) is 10.1 Å². The van der Waals surface area contributed by atoms with Crippen LogP contribution in [0.5, 0.6) is 0 Å². The first-order valence-electron chi connectivity index (χ1n) is 8.89. The molecule has 1 aliphatic rings. The number of hydrogen-bond donors (Lipinski definition) is 1. The zero-order valence-corrected chi connectivity index (χ0v) is 16.7. The van der Waals surface area contributed by atoms with E-state index in [1.54, 1.807) is 24.3 Å². The van der Waals surface area contributed by atoms with Crippen LogP contribution >= 0.6 is 11.6 Å². The molecule has 9 heteroatoms. The Balaban J connectivity index is 1.49. The molecule has 0 aliphatic carbocycles. The van der Waals surface area contributed by atoms with Crippen molar-refractivity contribution < 1.29 is 17.6 Å². The van der Waals surface area contributed by atoms with Gasteiger partial charge in [-0.1, -0.05) is 29.8 Å². The van der Waals surface area contributed by atoms with Gasteiger partial charge < -0.3 is 10.2 Å². The van der Waals surface area contributed by atoms with Gasteiger partial charge in [0.25, 0.3) is 0 Å². The van der Waals surface area contributed by atoms with Crippen LogP contribution in [-0.4, -0.2) is 56.3 Å². The molecule has 0 atom stereocenters. The second-order valence-corrected chi connectivity index (χ2v) is 8.83. The number of halogens is 2. The van der Waals surface area contributed by atoms with Crippen molar-refractivity contribution in [1.29, 1.82) is 0 Å². The van der Waals surface area contributed by atoms with E-state index in [-0.39, 0.29) is 17.2 Å². The first-order chi connectivity index (χ1) is 13.4. The first kappa shape index (κ1) is 20.7. The largest absolute Gasteiger partial charge is 0.325 e. The van der Waals surface area contributed by atoms with Gasteiger partial charge >= 0.3 is 0 Å². The van der Waals surface area contributed by atoms with Crippen LogP contribution < -0.4 is 5.32 Å². The van der Waals surface area contributed by atoms with Gasteiger partial charge in [-0.05, 0) is 30.3 Å². The van der Waals surface area contributed by atoms with Crippen LogP contribution in [0.3, 0.4) is 0 Å². The maximum absolute atomic E-state index is 13.3. The summed E-state index contributed by atoms with van der Waals surface area (Å²) in [6, 6.07) is 12.0. The van der Waals surface area contributed by atoms with Crippen molar-refractivity contribution in [2.24, 2.45) is 0 Å². The minimum Gasteiger partial charge on any atom is -0.325 e. The Bertz CT molecular complexity index is 947. The molecule has 1 amide bonds. The lowest BCUT2D eigenvalue weighted by Gasteiger charge is -2.33. The summed E-state index contributed by atoms with van der Waals surface area (Å²) < 4.78 is 39.9. The number of amides is 1. The third kappa shape index (κ3) is 5.08. The molecule has 0 spiro atoms. The minimum absolute atomic E-state index is 0.0416. The van der Waals surface area contributed by atoms with E-state index in [0.29, 0.717) is 43.4 Å². The number of rotatable bonds is 6. The van der Waals surface area contributed by atoms with E-state index in [1.165, 1.54) is 22.5 Å². The molecule has 0 unspecified atom stereocenters. The van der Waals surface area contributed by atoms with Crippen molar-refractivity contribution >= 4 is 33.2 Å². The van der Waals surface area contributed by atoms with Crippen molar-refractivity contribution in [3.05, 3.63) is 59.4 Å². The third-order valence-electron chi connectivity index (χ3n) is 4.57. The Kier molecular flexibility index (Phi) is 6.66. The third-order valence-corrected chi connectivity index (χ3v) is 6.79. The summed E-state index contributed by atoms with van der Waals surface area (Å²) in [5.74, 6) is -0.729. The summed E-state index contributed by atoms with van der Waals surface area (Å²) in [7, 11) is -3.71. The molecule has 150 valence electrons. The summed E-state index contributed by atoms with van der Waals surface area (Å²) >= 11 is 6.03. The second kappa shape index (κ2) is 9.00. The van der Waals surface area contributed by atoms with Crippen molar-refractivity contribution in [3.63, 3.8) is 0 Å². The number of para-hydroxylation sites is 1. The quantitative estimate of drug-likeness (QED) is 0.772. The van der Waals surface area contributed by atoms with Crippen LogP contribution in [0.15, 0.2) is 53.4 Å². The Morgan fingerprint density at radius 3 is 2.46 bits per heavy atom. The van der Waals surface area contributed by atoms with Gasteiger partial charge in [-0.2, -0.15) is 4.31 Å². The van der Waals surface area contributed by atoms with E-state index in [1.807, 2.05) is 4.90 Å². The minimum atomic E-state index is -3.71. The fourth-order valence-electron chi connectivity index (χ4n) is 3.00. The van der Waals surface area contributed by atoms with Gasteiger partial charge in [0.05, 0.1) is 15.6 Å². The fraction of sp³-hybridized carbons (Fsp3) is 0.316. The number of carbonyl (C=O) groups excluding carboxylic acids is 1. The Hall–Kier alpha value is -2.00. The summed E-state index contributed by atoms with van der Waals surface area (Å²) in [6.07, 6.45) is 0.280. The van der Waals surface area contributed by atoms with Crippen LogP contribution in [0, 0.1) is 5.82 Å². The average Bonchev–Trinajstić information content (AvgIpc) is 2.68. The normalized spacial score (nSPS) is 16.1. The fourth-order valence-corrected chi connectivity index (χ4v) is 4.64. The lowest BCUT2D eigenvalue weighted by Crippen LogP contribution is -2.49. The van der Waals surface area contributed by atoms with Gasteiger partial charge in [-0.15, -0.1) is 0 Å². The lowest BCUT2D eigenvalue weighted by atomic mass is 10.3. The maximum Gasteiger partial charge on any atom is 0.243 e. The van der Waals surface area contributed by atoms with Gasteiger partial charge in [-0.25, -0.2) is 12.8 Å². The highest BCUT2D eigenvalue weighted by Gasteiger charge is 2.28. The standard InChI is InChI=1S/C19H21ClFN3O3S/c20-17-6-1-2-7-18(17)22-19(25)8-9-23-10-12-24(13-11-23)28(26,27)16-5-3-4-15(21)14-16/h1-7,14H,8-13H2,(H,22,25). The number of hydrogen-bond acceptors (Lipinski definition) is 4. The zero-order chi connectivity index (χ0) is 20.1. The highest BCUT2D eigenvalue weighted by molar-refractivity contribution is 7.89. The molecule has 3 rings (SSSR count). The predicted molar refractivity (Wildman–Crippen MR) is 106 cm³/mol. The molecule has 1 fully saturated rings. The van der Waals surface area contributed by atoms with E-state index >= 15 is 0 Å². The number of benzene rings is 2. The van der Waals surface area contributed by atoms with Gasteiger partial charge in [-0.3, -0.25) is 4.79 Å². The Labute approximate surface area is 168 Å². The number of sulfonamides is 1. The average molecular weight is 426 g/mol. The summed E-state index contributed by atoms with van der Waals surface area (Å²) in [6.45, 7) is 2.13. The molecular weight excluding hydrogens is 405 g/mol. The topological polar surface area (TPSA) is 69.7 Å². The van der Waals surface area contributed by atoms with Crippen LogP contribution in [-0.2, 0) is 14.8 Å². The van der Waals surface area contributed by atoms with Crippen LogP contribution in [0.1, 0.15) is 6.42 Å². The van der Waals surface area contributed by atoms with Gasteiger partial charge in [0.15, 0.2) is 0 Å².